The molecule has 2 heteroatoms. The van der Waals surface area contributed by atoms with Gasteiger partial charge in [0.2, 0.25) is 0 Å². The molecule has 0 aromatic heterocycles. The Morgan fingerprint density at radius 1 is 1.24 bits per heavy atom. The maximum Gasteiger partial charge on any atom is 0.333 e. The van der Waals surface area contributed by atoms with E-state index in [0.717, 1.165) is 24.3 Å². The van der Waals surface area contributed by atoms with Crippen molar-refractivity contribution < 1.29 is 9.53 Å². The van der Waals surface area contributed by atoms with E-state index in [1.54, 1.807) is 0 Å². The number of rotatable bonds is 4. The average molecular weight is 236 g/mol. The number of esters is 1. The van der Waals surface area contributed by atoms with Crippen LogP contribution in [0.25, 0.3) is 0 Å². The molecule has 0 N–H and O–H groups in total. The second-order valence-corrected chi connectivity index (χ2v) is 5.55. The number of fused-ring (bicyclic) bond motifs is 1. The lowest BCUT2D eigenvalue weighted by Crippen LogP contribution is -2.24. The molecule has 3 atom stereocenters. The molecule has 2 fully saturated rings. The molecule has 3 unspecified atom stereocenters. The number of carbonyl (C=O) groups excluding carboxylic acids is 1. The quantitative estimate of drug-likeness (QED) is 0.549. The molecule has 0 saturated heterocycles. The minimum Gasteiger partial charge on any atom is -0.462 e. The van der Waals surface area contributed by atoms with Gasteiger partial charge < -0.3 is 4.74 Å². The number of ether oxygens (including phenoxy) is 1. The van der Waals surface area contributed by atoms with E-state index in [4.69, 9.17) is 4.74 Å². The standard InChI is InChI=1S/C15H24O2/c1-3-10-17-15(16)11(2)13-9-8-12-6-4-5-7-14(12)13/h12-14H,2-10H2,1H3. The Hall–Kier alpha value is -0.790. The Kier molecular flexibility index (Phi) is 4.25. The molecule has 0 amide bonds. The van der Waals surface area contributed by atoms with Crippen LogP contribution in [0, 0.1) is 17.8 Å². The number of hydrogen-bond acceptors (Lipinski definition) is 2. The summed E-state index contributed by atoms with van der Waals surface area (Å²) < 4.78 is 5.21. The summed E-state index contributed by atoms with van der Waals surface area (Å²) in [5.74, 6) is 1.82. The zero-order valence-electron chi connectivity index (χ0n) is 10.9. The molecule has 2 saturated carbocycles. The highest BCUT2D eigenvalue weighted by atomic mass is 16.5. The first-order valence-electron chi connectivity index (χ1n) is 7.10. The van der Waals surface area contributed by atoms with Gasteiger partial charge in [0.15, 0.2) is 0 Å². The van der Waals surface area contributed by atoms with Gasteiger partial charge in [0.1, 0.15) is 0 Å². The molecule has 0 heterocycles. The molecule has 0 spiro atoms. The van der Waals surface area contributed by atoms with Crippen LogP contribution in [-0.4, -0.2) is 12.6 Å². The third-order valence-corrected chi connectivity index (χ3v) is 4.48. The van der Waals surface area contributed by atoms with Gasteiger partial charge in [0.25, 0.3) is 0 Å². The van der Waals surface area contributed by atoms with Gasteiger partial charge >= 0.3 is 5.97 Å². The van der Waals surface area contributed by atoms with Gasteiger partial charge in [0.05, 0.1) is 6.61 Å². The topological polar surface area (TPSA) is 26.3 Å². The Labute approximate surface area is 104 Å². The van der Waals surface area contributed by atoms with Gasteiger partial charge in [-0.15, -0.1) is 0 Å². The Bertz CT molecular complexity index is 295. The largest absolute Gasteiger partial charge is 0.462 e. The minimum atomic E-state index is -0.150. The van der Waals surface area contributed by atoms with Gasteiger partial charge in [-0.05, 0) is 43.4 Å². The van der Waals surface area contributed by atoms with Crippen LogP contribution in [0.3, 0.4) is 0 Å². The van der Waals surface area contributed by atoms with E-state index in [2.05, 4.69) is 6.58 Å². The Morgan fingerprint density at radius 2 is 2.00 bits per heavy atom. The fourth-order valence-corrected chi connectivity index (χ4v) is 3.60. The van der Waals surface area contributed by atoms with Gasteiger partial charge in [-0.1, -0.05) is 32.8 Å². The van der Waals surface area contributed by atoms with Crippen LogP contribution in [0.4, 0.5) is 0 Å². The minimum absolute atomic E-state index is 0.150. The normalized spacial score (nSPS) is 31.9. The van der Waals surface area contributed by atoms with E-state index >= 15 is 0 Å². The van der Waals surface area contributed by atoms with Gasteiger partial charge in [0, 0.05) is 5.57 Å². The van der Waals surface area contributed by atoms with Crippen LogP contribution in [0.15, 0.2) is 12.2 Å². The van der Waals surface area contributed by atoms with Crippen LogP contribution in [0.2, 0.25) is 0 Å². The summed E-state index contributed by atoms with van der Waals surface area (Å²) in [5.41, 5.74) is 0.743. The molecule has 2 aliphatic rings. The summed E-state index contributed by atoms with van der Waals surface area (Å²) in [6.07, 6.45) is 8.67. The summed E-state index contributed by atoms with van der Waals surface area (Å²) in [7, 11) is 0. The van der Waals surface area contributed by atoms with Crippen LogP contribution >= 0.6 is 0 Å². The first kappa shape index (κ1) is 12.7. The van der Waals surface area contributed by atoms with Crippen molar-refractivity contribution in [2.45, 2.75) is 51.9 Å². The molecular formula is C15H24O2. The predicted molar refractivity (Wildman–Crippen MR) is 68.6 cm³/mol. The highest BCUT2D eigenvalue weighted by molar-refractivity contribution is 5.88. The molecule has 2 nitrogen and oxygen atoms in total. The van der Waals surface area contributed by atoms with Crippen molar-refractivity contribution in [2.75, 3.05) is 6.61 Å². The van der Waals surface area contributed by atoms with E-state index in [0.29, 0.717) is 18.4 Å². The zero-order chi connectivity index (χ0) is 12.3. The van der Waals surface area contributed by atoms with Crippen LogP contribution in [-0.2, 0) is 9.53 Å². The SMILES string of the molecule is C=C(C(=O)OCCC)C1CCC2CCCCC21. The summed E-state index contributed by atoms with van der Waals surface area (Å²) >= 11 is 0. The molecule has 0 aliphatic heterocycles. The van der Waals surface area contributed by atoms with E-state index < -0.39 is 0 Å². The lowest BCUT2D eigenvalue weighted by Gasteiger charge is -2.29. The van der Waals surface area contributed by atoms with Crippen molar-refractivity contribution in [3.63, 3.8) is 0 Å². The lowest BCUT2D eigenvalue weighted by molar-refractivity contribution is -0.139. The van der Waals surface area contributed by atoms with Gasteiger partial charge in [-0.25, -0.2) is 4.79 Å². The summed E-state index contributed by atoms with van der Waals surface area (Å²) in [5, 5.41) is 0. The maximum atomic E-state index is 11.8. The summed E-state index contributed by atoms with van der Waals surface area (Å²) in [4.78, 5) is 11.8. The maximum absolute atomic E-state index is 11.8. The van der Waals surface area contributed by atoms with Crippen LogP contribution < -0.4 is 0 Å². The molecule has 96 valence electrons. The molecular weight excluding hydrogens is 212 g/mol. The molecule has 0 radical (unpaired) electrons. The van der Waals surface area contributed by atoms with Gasteiger partial charge in [-0.3, -0.25) is 0 Å². The second kappa shape index (κ2) is 5.70. The smallest absolute Gasteiger partial charge is 0.333 e. The molecule has 2 rings (SSSR count). The van der Waals surface area contributed by atoms with Crippen molar-refractivity contribution in [3.05, 3.63) is 12.2 Å². The van der Waals surface area contributed by atoms with Crippen molar-refractivity contribution in [2.24, 2.45) is 17.8 Å². The average Bonchev–Trinajstić information content (AvgIpc) is 2.78. The van der Waals surface area contributed by atoms with Crippen molar-refractivity contribution in [3.8, 4) is 0 Å². The predicted octanol–water partition coefficient (Wildman–Crippen LogP) is 3.71. The fraction of sp³-hybridized carbons (Fsp3) is 0.800. The van der Waals surface area contributed by atoms with Crippen molar-refractivity contribution >= 4 is 5.97 Å². The first-order chi connectivity index (χ1) is 8.24. The Morgan fingerprint density at radius 3 is 2.76 bits per heavy atom. The highest BCUT2D eigenvalue weighted by Gasteiger charge is 2.40. The Balaban J connectivity index is 1.93. The molecule has 0 aromatic carbocycles. The van der Waals surface area contributed by atoms with E-state index in [9.17, 15) is 4.79 Å². The monoisotopic (exact) mass is 236 g/mol. The number of hydrogen-bond donors (Lipinski definition) is 0. The van der Waals surface area contributed by atoms with Crippen molar-refractivity contribution in [1.29, 1.82) is 0 Å². The lowest BCUT2D eigenvalue weighted by atomic mass is 9.76. The van der Waals surface area contributed by atoms with E-state index in [-0.39, 0.29) is 5.97 Å². The first-order valence-corrected chi connectivity index (χ1v) is 7.10. The molecule has 17 heavy (non-hydrogen) atoms. The van der Waals surface area contributed by atoms with E-state index in [1.807, 2.05) is 6.92 Å². The van der Waals surface area contributed by atoms with Crippen LogP contribution in [0.1, 0.15) is 51.9 Å². The molecule has 2 aliphatic carbocycles. The second-order valence-electron chi connectivity index (χ2n) is 5.55. The summed E-state index contributed by atoms with van der Waals surface area (Å²) in [6.45, 7) is 6.55. The molecule has 0 bridgehead atoms. The molecule has 0 aromatic rings. The summed E-state index contributed by atoms with van der Waals surface area (Å²) in [6, 6.07) is 0. The van der Waals surface area contributed by atoms with E-state index in [1.165, 1.54) is 32.1 Å². The van der Waals surface area contributed by atoms with Crippen molar-refractivity contribution in [1.82, 2.24) is 0 Å². The number of carbonyl (C=O) groups is 1. The van der Waals surface area contributed by atoms with Crippen LogP contribution in [0.5, 0.6) is 0 Å². The highest BCUT2D eigenvalue weighted by Crippen LogP contribution is 2.48. The fourth-order valence-electron chi connectivity index (χ4n) is 3.60. The zero-order valence-corrected chi connectivity index (χ0v) is 10.9. The third kappa shape index (κ3) is 2.72. The third-order valence-electron chi connectivity index (χ3n) is 4.48. The van der Waals surface area contributed by atoms with Gasteiger partial charge in [-0.2, -0.15) is 0 Å².